The van der Waals surface area contributed by atoms with Crippen LogP contribution in [0.3, 0.4) is 0 Å². The molecule has 0 spiro atoms. The van der Waals surface area contributed by atoms with E-state index in [0.29, 0.717) is 0 Å². The normalized spacial score (nSPS) is 14.0. The lowest BCUT2D eigenvalue weighted by atomic mass is 9.68. The van der Waals surface area contributed by atoms with E-state index in [9.17, 15) is 0 Å². The Morgan fingerprint density at radius 1 is 0.322 bits per heavy atom. The molecule has 8 aromatic carbocycles. The second-order valence-corrected chi connectivity index (χ2v) is 29.4. The number of alkyl halides is 1. The number of hydrogen-bond donors (Lipinski definition) is 0. The van der Waals surface area contributed by atoms with Gasteiger partial charge in [-0.2, -0.15) is 0 Å². The number of fused-ring (bicyclic) bond motifs is 6. The molecule has 0 aliphatic heterocycles. The van der Waals surface area contributed by atoms with Crippen LogP contribution in [0.25, 0.3) is 44.5 Å². The summed E-state index contributed by atoms with van der Waals surface area (Å²) < 4.78 is 1.09. The van der Waals surface area contributed by atoms with Gasteiger partial charge in [0.1, 0.15) is 0 Å². The van der Waals surface area contributed by atoms with Crippen LogP contribution in [-0.4, -0.2) is 10.9 Å². The Morgan fingerprint density at radius 2 is 0.667 bits per heavy atom. The molecule has 4 heteroatoms. The number of hydrogen-bond acceptors (Lipinski definition) is 2. The Bertz CT molecular complexity index is 3460. The quantitative estimate of drug-likeness (QED) is 0.0283. The van der Waals surface area contributed by atoms with Crippen molar-refractivity contribution in [3.63, 3.8) is 0 Å². The van der Waals surface area contributed by atoms with E-state index >= 15 is 0 Å². The van der Waals surface area contributed by atoms with Gasteiger partial charge in [0.25, 0.3) is 0 Å². The lowest BCUT2D eigenvalue weighted by Crippen LogP contribution is -2.35. The number of benzene rings is 8. The molecule has 2 atom stereocenters. The average molecular weight is 1330 g/mol. The number of unbranched alkanes of at least 4 members (excludes halogenated alkanes) is 20. The summed E-state index contributed by atoms with van der Waals surface area (Å²) in [4.78, 5) is 5.50. The van der Waals surface area contributed by atoms with Crippen molar-refractivity contribution >= 4 is 60.3 Å². The number of nitrogens with zero attached hydrogens (tertiary/aromatic N) is 2. The molecule has 8 aromatic rings. The summed E-state index contributed by atoms with van der Waals surface area (Å²) >= 11 is 8.00. The molecule has 0 fully saturated rings. The van der Waals surface area contributed by atoms with Gasteiger partial charge in [-0.1, -0.05) is 330 Å². The highest BCUT2D eigenvalue weighted by molar-refractivity contribution is 9.10. The zero-order valence-corrected chi connectivity index (χ0v) is 59.1. The standard InChI is InChI=1S/C86H106Br2N2/c1-7-11-15-19-23-37-57-85(58-38-24-20-16-12-8-2)79-61-71(89(66(6)65(5)87)83-47-35-33-45-73(83)67-41-29-27-30-42-67)53-55-75(79)77-63-82-78(64-81(77)85)76-56-54-72(62-80(76)86(82,59-39-25-21-17-13-9-3)60-40-26-22-18-14-10-4)90(70-51-49-69(88)50-52-70)84-48-36-34-46-74(84)68-43-31-28-32-44-68/h27-36,41-56,61-66H,7-26,37-40,57-60H2,1-6H3/t65-,66?/m1/s1. The molecule has 0 bridgehead atoms. The monoisotopic (exact) mass is 1320 g/mol. The maximum atomic E-state index is 4.17. The zero-order valence-electron chi connectivity index (χ0n) is 55.9. The van der Waals surface area contributed by atoms with Gasteiger partial charge in [0, 0.05) is 60.0 Å². The summed E-state index contributed by atoms with van der Waals surface area (Å²) in [6.07, 6.45) is 35.8. The fourth-order valence-electron chi connectivity index (χ4n) is 15.8. The van der Waals surface area contributed by atoms with Crippen LogP contribution < -0.4 is 9.80 Å². The minimum Gasteiger partial charge on any atom is -0.337 e. The van der Waals surface area contributed by atoms with E-state index in [1.807, 2.05) is 0 Å². The maximum absolute atomic E-state index is 4.17. The topological polar surface area (TPSA) is 6.48 Å². The van der Waals surface area contributed by atoms with Crippen LogP contribution in [0.2, 0.25) is 0 Å². The summed E-state index contributed by atoms with van der Waals surface area (Å²) in [6, 6.07) is 70.9. The smallest absolute Gasteiger partial charge is 0.0540 e. The van der Waals surface area contributed by atoms with E-state index in [1.165, 1.54) is 253 Å². The molecular formula is C86H106Br2N2. The minimum absolute atomic E-state index is 0.122. The molecule has 2 nitrogen and oxygen atoms in total. The van der Waals surface area contributed by atoms with Gasteiger partial charge in [0.05, 0.1) is 5.69 Å². The zero-order chi connectivity index (χ0) is 62.7. The van der Waals surface area contributed by atoms with E-state index in [0.717, 1.165) is 4.47 Å². The van der Waals surface area contributed by atoms with Gasteiger partial charge in [0.15, 0.2) is 0 Å². The van der Waals surface area contributed by atoms with Crippen LogP contribution in [0.5, 0.6) is 0 Å². The molecule has 0 saturated carbocycles. The molecule has 2 aliphatic carbocycles. The molecule has 474 valence electrons. The van der Waals surface area contributed by atoms with Crippen LogP contribution in [0.4, 0.5) is 28.4 Å². The summed E-state index contributed by atoms with van der Waals surface area (Å²) in [5, 5.41) is 0. The average Bonchev–Trinajstić information content (AvgIpc) is 1.53. The molecular weight excluding hydrogens is 1220 g/mol. The molecule has 0 aromatic heterocycles. The summed E-state index contributed by atoms with van der Waals surface area (Å²) in [5.74, 6) is 0. The van der Waals surface area contributed by atoms with Crippen LogP contribution in [0, 0.1) is 0 Å². The third-order valence-corrected chi connectivity index (χ3v) is 22.1. The fraction of sp³-hybridized carbons (Fsp3) is 0.442. The first-order chi connectivity index (χ1) is 44.2. The SMILES string of the molecule is CCCCCCCCC1(CCCCCCCC)c2cc(N(c3ccc(Br)cc3)c3ccccc3-c3ccccc3)ccc2-c2cc3c(cc21)-c1ccc(N(c2ccccc2-c2ccccc2)C(C)[C@@H](C)Br)cc1C3(CCCCCCCC)CCCCCCCC. The number of rotatable bonds is 37. The van der Waals surface area contributed by atoms with Crippen molar-refractivity contribution in [2.45, 2.75) is 243 Å². The van der Waals surface area contributed by atoms with Gasteiger partial charge in [0.2, 0.25) is 0 Å². The molecule has 0 radical (unpaired) electrons. The molecule has 0 amide bonds. The van der Waals surface area contributed by atoms with Crippen molar-refractivity contribution in [2.24, 2.45) is 0 Å². The highest BCUT2D eigenvalue weighted by Crippen LogP contribution is 2.62. The van der Waals surface area contributed by atoms with E-state index in [4.69, 9.17) is 0 Å². The predicted molar refractivity (Wildman–Crippen MR) is 401 cm³/mol. The molecule has 0 saturated heterocycles. The third-order valence-electron chi connectivity index (χ3n) is 20.8. The van der Waals surface area contributed by atoms with Crippen molar-refractivity contribution < 1.29 is 0 Å². The summed E-state index contributed by atoms with van der Waals surface area (Å²) in [5.41, 5.74) is 23.2. The van der Waals surface area contributed by atoms with E-state index in [1.54, 1.807) is 22.3 Å². The largest absolute Gasteiger partial charge is 0.337 e. The lowest BCUT2D eigenvalue weighted by molar-refractivity contribution is 0.394. The first-order valence-electron chi connectivity index (χ1n) is 35.9. The molecule has 2 aliphatic rings. The van der Waals surface area contributed by atoms with E-state index in [-0.39, 0.29) is 21.7 Å². The van der Waals surface area contributed by atoms with Crippen molar-refractivity contribution in [3.05, 3.63) is 209 Å². The van der Waals surface area contributed by atoms with E-state index < -0.39 is 0 Å². The van der Waals surface area contributed by atoms with Crippen molar-refractivity contribution in [3.8, 4) is 44.5 Å². The molecule has 90 heavy (non-hydrogen) atoms. The minimum atomic E-state index is -0.140. The van der Waals surface area contributed by atoms with E-state index in [2.05, 4.69) is 265 Å². The van der Waals surface area contributed by atoms with Crippen molar-refractivity contribution in [1.29, 1.82) is 0 Å². The number of halogens is 2. The van der Waals surface area contributed by atoms with Gasteiger partial charge in [-0.25, -0.2) is 0 Å². The Balaban J connectivity index is 1.20. The number of anilines is 5. The van der Waals surface area contributed by atoms with Crippen LogP contribution in [0.1, 0.15) is 244 Å². The Labute approximate surface area is 562 Å². The van der Waals surface area contributed by atoms with Crippen LogP contribution in [0.15, 0.2) is 186 Å². The third kappa shape index (κ3) is 15.3. The van der Waals surface area contributed by atoms with Gasteiger partial charge < -0.3 is 9.80 Å². The van der Waals surface area contributed by atoms with Gasteiger partial charge in [-0.15, -0.1) is 0 Å². The highest BCUT2D eigenvalue weighted by Gasteiger charge is 2.48. The first-order valence-corrected chi connectivity index (χ1v) is 37.7. The Morgan fingerprint density at radius 3 is 1.10 bits per heavy atom. The van der Waals surface area contributed by atoms with Crippen LogP contribution >= 0.6 is 31.9 Å². The van der Waals surface area contributed by atoms with Gasteiger partial charge in [-0.05, 0) is 161 Å². The maximum Gasteiger partial charge on any atom is 0.0540 e. The van der Waals surface area contributed by atoms with Crippen molar-refractivity contribution in [1.82, 2.24) is 0 Å². The number of para-hydroxylation sites is 2. The first kappa shape index (κ1) is 67.2. The summed E-state index contributed by atoms with van der Waals surface area (Å²) in [6.45, 7) is 14.2. The Hall–Kier alpha value is -5.68. The van der Waals surface area contributed by atoms with Gasteiger partial charge in [-0.3, -0.25) is 0 Å². The lowest BCUT2D eigenvalue weighted by Gasteiger charge is -2.37. The van der Waals surface area contributed by atoms with Gasteiger partial charge >= 0.3 is 0 Å². The Kier molecular flexibility index (Phi) is 24.8. The van der Waals surface area contributed by atoms with Crippen LogP contribution in [-0.2, 0) is 10.8 Å². The summed E-state index contributed by atoms with van der Waals surface area (Å²) in [7, 11) is 0. The molecule has 1 unspecified atom stereocenters. The molecule has 10 rings (SSSR count). The molecule has 0 heterocycles. The molecule has 0 N–H and O–H groups in total. The predicted octanol–water partition coefficient (Wildman–Crippen LogP) is 28.1. The van der Waals surface area contributed by atoms with Crippen molar-refractivity contribution in [2.75, 3.05) is 9.80 Å². The second kappa shape index (κ2) is 33.2. The second-order valence-electron chi connectivity index (χ2n) is 27.0. The fourth-order valence-corrected chi connectivity index (χ4v) is 16.3. The highest BCUT2D eigenvalue weighted by atomic mass is 79.9.